The first-order chi connectivity index (χ1) is 12.1. The van der Waals surface area contributed by atoms with Crippen LogP contribution in [0, 0.1) is 5.41 Å². The van der Waals surface area contributed by atoms with Gasteiger partial charge in [-0.05, 0) is 37.3 Å². The van der Waals surface area contributed by atoms with E-state index in [4.69, 9.17) is 10.5 Å². The summed E-state index contributed by atoms with van der Waals surface area (Å²) in [6.45, 7) is 12.8. The number of nitrogens with one attached hydrogen (secondary N) is 1. The van der Waals surface area contributed by atoms with Gasteiger partial charge in [-0.25, -0.2) is 4.79 Å². The topological polar surface area (TPSA) is 81.4 Å². The first-order valence-electron chi connectivity index (χ1n) is 9.02. The van der Waals surface area contributed by atoms with Gasteiger partial charge >= 0.3 is 5.97 Å². The first-order valence-corrected chi connectivity index (χ1v) is 9.02. The normalized spacial score (nSPS) is 13.7. The Hall–Kier alpha value is -2.14. The van der Waals surface area contributed by atoms with E-state index in [1.54, 1.807) is 6.92 Å². The van der Waals surface area contributed by atoms with Gasteiger partial charge in [-0.3, -0.25) is 4.79 Å². The largest absolute Gasteiger partial charge is 0.450 e. The number of benzene rings is 1. The van der Waals surface area contributed by atoms with E-state index in [1.807, 2.05) is 30.3 Å². The molecule has 0 radical (unpaired) electrons. The van der Waals surface area contributed by atoms with Crippen molar-refractivity contribution in [2.75, 3.05) is 6.54 Å². The third-order valence-electron chi connectivity index (χ3n) is 4.02. The number of ether oxygens (including phenoxy) is 1. The molecule has 3 N–H and O–H groups in total. The molecule has 1 aromatic rings. The first kappa shape index (κ1) is 21.9. The van der Waals surface area contributed by atoms with Crippen LogP contribution in [0.1, 0.15) is 46.1 Å². The van der Waals surface area contributed by atoms with Gasteiger partial charge in [0.2, 0.25) is 0 Å². The Bertz CT molecular complexity index is 605. The van der Waals surface area contributed by atoms with Crippen molar-refractivity contribution in [3.63, 3.8) is 0 Å². The predicted octanol–water partition coefficient (Wildman–Crippen LogP) is 2.99. The fraction of sp³-hybridized carbons (Fsp3) is 0.524. The Morgan fingerprint density at radius 1 is 1.23 bits per heavy atom. The van der Waals surface area contributed by atoms with Gasteiger partial charge in [-0.15, -0.1) is 0 Å². The molecule has 0 fully saturated rings. The van der Waals surface area contributed by atoms with E-state index in [0.717, 1.165) is 18.4 Å². The van der Waals surface area contributed by atoms with Gasteiger partial charge in [-0.1, -0.05) is 63.3 Å². The molecule has 0 aliphatic heterocycles. The number of amides is 1. The quantitative estimate of drug-likeness (QED) is 0.382. The number of nitrogens with two attached hydrogens (primary N) is 1. The zero-order valence-corrected chi connectivity index (χ0v) is 16.4. The lowest BCUT2D eigenvalue weighted by atomic mass is 9.90. The maximum absolute atomic E-state index is 12.5. The van der Waals surface area contributed by atoms with Crippen LogP contribution in [0.4, 0.5) is 0 Å². The molecule has 144 valence electrons. The minimum absolute atomic E-state index is 0.244. The maximum Gasteiger partial charge on any atom is 0.328 e. The zero-order chi connectivity index (χ0) is 19.7. The molecule has 0 aromatic heterocycles. The lowest BCUT2D eigenvalue weighted by molar-refractivity contribution is -0.156. The van der Waals surface area contributed by atoms with Crippen molar-refractivity contribution in [1.82, 2.24) is 5.32 Å². The molecule has 5 nitrogen and oxygen atoms in total. The lowest BCUT2D eigenvalue weighted by Crippen LogP contribution is -2.44. The molecule has 2 unspecified atom stereocenters. The molecule has 26 heavy (non-hydrogen) atoms. The van der Waals surface area contributed by atoms with Crippen LogP contribution in [-0.4, -0.2) is 30.6 Å². The Balaban J connectivity index is 2.65. The summed E-state index contributed by atoms with van der Waals surface area (Å²) >= 11 is 0. The highest BCUT2D eigenvalue weighted by Gasteiger charge is 2.27. The smallest absolute Gasteiger partial charge is 0.328 e. The van der Waals surface area contributed by atoms with E-state index >= 15 is 0 Å². The number of carbonyl (C=O) groups excluding carboxylic acids is 2. The fourth-order valence-corrected chi connectivity index (χ4v) is 2.56. The number of hydrogen-bond acceptors (Lipinski definition) is 4. The molecule has 0 saturated heterocycles. The number of primary amides is 1. The van der Waals surface area contributed by atoms with E-state index in [-0.39, 0.29) is 11.8 Å². The van der Waals surface area contributed by atoms with E-state index in [0.29, 0.717) is 12.1 Å². The molecule has 0 saturated carbocycles. The van der Waals surface area contributed by atoms with E-state index in [9.17, 15) is 9.59 Å². The SMILES string of the molecule is C=C(C)C(NCCCC(C)(C)C)C(=O)OC(Cc1ccccc1)C(N)=O. The molecule has 0 aliphatic rings. The van der Waals surface area contributed by atoms with Crippen LogP contribution in [0.15, 0.2) is 42.5 Å². The standard InChI is InChI=1S/C21H32N2O3/c1-15(2)18(23-13-9-12-21(3,4)5)20(25)26-17(19(22)24)14-16-10-7-6-8-11-16/h6-8,10-11,17-18,23H,1,9,12-14H2,2-5H3,(H2,22,24). The van der Waals surface area contributed by atoms with Crippen molar-refractivity contribution in [1.29, 1.82) is 0 Å². The number of hydrogen-bond donors (Lipinski definition) is 2. The van der Waals surface area contributed by atoms with Gasteiger partial charge in [0.1, 0.15) is 6.04 Å². The minimum atomic E-state index is -0.997. The van der Waals surface area contributed by atoms with Crippen LogP contribution in [0.25, 0.3) is 0 Å². The predicted molar refractivity (Wildman–Crippen MR) is 105 cm³/mol. The molecule has 0 aliphatic carbocycles. The molecular formula is C21H32N2O3. The Labute approximate surface area is 157 Å². The van der Waals surface area contributed by atoms with Crippen molar-refractivity contribution in [3.05, 3.63) is 48.0 Å². The molecule has 1 aromatic carbocycles. The highest BCUT2D eigenvalue weighted by molar-refractivity contribution is 5.85. The lowest BCUT2D eigenvalue weighted by Gasteiger charge is -2.22. The second-order valence-electron chi connectivity index (χ2n) is 7.92. The third kappa shape index (κ3) is 8.30. The highest BCUT2D eigenvalue weighted by Crippen LogP contribution is 2.20. The molecule has 0 heterocycles. The Morgan fingerprint density at radius 3 is 2.35 bits per heavy atom. The molecule has 0 spiro atoms. The van der Waals surface area contributed by atoms with Gasteiger partial charge in [0.25, 0.3) is 5.91 Å². The van der Waals surface area contributed by atoms with E-state index in [2.05, 4.69) is 32.7 Å². The van der Waals surface area contributed by atoms with Crippen molar-refractivity contribution in [2.24, 2.45) is 11.1 Å². The van der Waals surface area contributed by atoms with E-state index < -0.39 is 24.0 Å². The second kappa shape index (κ2) is 10.1. The van der Waals surface area contributed by atoms with Crippen LogP contribution in [0.3, 0.4) is 0 Å². The summed E-state index contributed by atoms with van der Waals surface area (Å²) in [6.07, 6.45) is 1.23. The van der Waals surface area contributed by atoms with Gasteiger partial charge in [0.05, 0.1) is 0 Å². The van der Waals surface area contributed by atoms with Crippen LogP contribution in [-0.2, 0) is 20.7 Å². The summed E-state index contributed by atoms with van der Waals surface area (Å²) in [5, 5.41) is 3.17. The summed E-state index contributed by atoms with van der Waals surface area (Å²) < 4.78 is 5.40. The second-order valence-corrected chi connectivity index (χ2v) is 7.92. The zero-order valence-electron chi connectivity index (χ0n) is 16.4. The summed E-state index contributed by atoms with van der Waals surface area (Å²) in [7, 11) is 0. The van der Waals surface area contributed by atoms with Crippen LogP contribution >= 0.6 is 0 Å². The van der Waals surface area contributed by atoms with Crippen molar-refractivity contribution < 1.29 is 14.3 Å². The Morgan fingerprint density at radius 2 is 1.85 bits per heavy atom. The van der Waals surface area contributed by atoms with Crippen molar-refractivity contribution >= 4 is 11.9 Å². The molecule has 2 atom stereocenters. The van der Waals surface area contributed by atoms with Crippen molar-refractivity contribution in [2.45, 2.75) is 59.1 Å². The minimum Gasteiger partial charge on any atom is -0.450 e. The highest BCUT2D eigenvalue weighted by atomic mass is 16.5. The molecule has 0 bridgehead atoms. The average Bonchev–Trinajstić information content (AvgIpc) is 2.53. The van der Waals surface area contributed by atoms with Crippen LogP contribution in [0.5, 0.6) is 0 Å². The van der Waals surface area contributed by atoms with Gasteiger partial charge in [0.15, 0.2) is 6.10 Å². The molecule has 1 rings (SSSR count). The summed E-state index contributed by atoms with van der Waals surface area (Å²) in [5.74, 6) is -1.18. The molecule has 1 amide bonds. The monoisotopic (exact) mass is 360 g/mol. The maximum atomic E-state index is 12.5. The third-order valence-corrected chi connectivity index (χ3v) is 4.02. The van der Waals surface area contributed by atoms with Gasteiger partial charge in [-0.2, -0.15) is 0 Å². The number of esters is 1. The summed E-state index contributed by atoms with van der Waals surface area (Å²) in [5.41, 5.74) is 7.19. The van der Waals surface area contributed by atoms with Crippen molar-refractivity contribution in [3.8, 4) is 0 Å². The molecular weight excluding hydrogens is 328 g/mol. The summed E-state index contributed by atoms with van der Waals surface area (Å²) in [6, 6.07) is 8.70. The molecule has 5 heteroatoms. The summed E-state index contributed by atoms with van der Waals surface area (Å²) in [4.78, 5) is 24.2. The fourth-order valence-electron chi connectivity index (χ4n) is 2.56. The van der Waals surface area contributed by atoms with Gasteiger partial charge in [0, 0.05) is 6.42 Å². The van der Waals surface area contributed by atoms with E-state index in [1.165, 1.54) is 0 Å². The van der Waals surface area contributed by atoms with Crippen LogP contribution in [0.2, 0.25) is 0 Å². The van der Waals surface area contributed by atoms with Gasteiger partial charge < -0.3 is 15.8 Å². The number of carbonyl (C=O) groups is 2. The Kier molecular flexibility index (Phi) is 8.52. The van der Waals surface area contributed by atoms with Crippen LogP contribution < -0.4 is 11.1 Å². The number of rotatable bonds is 10. The average molecular weight is 360 g/mol.